The van der Waals surface area contributed by atoms with Crippen LogP contribution in [0.15, 0.2) is 53.4 Å². The van der Waals surface area contributed by atoms with Crippen molar-refractivity contribution in [2.45, 2.75) is 30.6 Å². The van der Waals surface area contributed by atoms with E-state index < -0.39 is 26.0 Å². The van der Waals surface area contributed by atoms with Crippen LogP contribution in [-0.4, -0.2) is 31.2 Å². The first-order chi connectivity index (χ1) is 12.3. The highest BCUT2D eigenvalue weighted by atomic mass is 32.2. The lowest BCUT2D eigenvalue weighted by Gasteiger charge is -2.17. The zero-order valence-corrected chi connectivity index (χ0v) is 15.2. The van der Waals surface area contributed by atoms with Crippen molar-refractivity contribution < 1.29 is 22.9 Å². The molecule has 8 heteroatoms. The Bertz CT molecular complexity index is 888. The van der Waals surface area contributed by atoms with Gasteiger partial charge in [0, 0.05) is 24.3 Å². The van der Waals surface area contributed by atoms with Crippen LogP contribution in [0.3, 0.4) is 0 Å². The fourth-order valence-corrected chi connectivity index (χ4v) is 3.72. The number of carbonyl (C=O) groups excluding carboxylic acids is 1. The zero-order chi connectivity index (χ0) is 19.3. The normalized spacial score (nSPS) is 12.5. The van der Waals surface area contributed by atoms with Crippen LogP contribution in [0.5, 0.6) is 0 Å². The maximum atomic E-state index is 12.9. The second-order valence-corrected chi connectivity index (χ2v) is 7.72. The number of hydrogen-bond donors (Lipinski definition) is 0. The topological polar surface area (TPSA) is 104 Å². The molecule has 0 radical (unpaired) electrons. The molecule has 26 heavy (non-hydrogen) atoms. The molecule has 2 aromatic rings. The van der Waals surface area contributed by atoms with Crippen LogP contribution in [0.4, 0.5) is 5.69 Å². The summed E-state index contributed by atoms with van der Waals surface area (Å²) in [4.78, 5) is 22.9. The van der Waals surface area contributed by atoms with Crippen molar-refractivity contribution in [1.82, 2.24) is 0 Å². The fourth-order valence-electron chi connectivity index (χ4n) is 2.27. The molecule has 0 saturated heterocycles. The van der Waals surface area contributed by atoms with Gasteiger partial charge in [0.15, 0.2) is 0 Å². The highest BCUT2D eigenvalue weighted by molar-refractivity contribution is 7.92. The molecule has 2 aromatic carbocycles. The summed E-state index contributed by atoms with van der Waals surface area (Å²) in [6.07, 6.45) is 0.535. The molecule has 2 rings (SSSR count). The molecule has 0 saturated carbocycles. The minimum absolute atomic E-state index is 0.0144. The Hall–Kier alpha value is -2.58. The van der Waals surface area contributed by atoms with Crippen LogP contribution in [0.2, 0.25) is 0 Å². The predicted octanol–water partition coefficient (Wildman–Crippen LogP) is 3.31. The van der Waals surface area contributed by atoms with Gasteiger partial charge in [0.2, 0.25) is 21.1 Å². The Kier molecular flexibility index (Phi) is 6.23. The van der Waals surface area contributed by atoms with Crippen LogP contribution >= 0.6 is 0 Å². The fraction of sp³-hybridized carbons (Fsp3) is 0.278. The van der Waals surface area contributed by atoms with E-state index in [1.165, 1.54) is 24.3 Å². The lowest BCUT2D eigenvalue weighted by atomic mass is 10.1. The van der Waals surface area contributed by atoms with Gasteiger partial charge in [-0.15, -0.1) is 0 Å². The Morgan fingerprint density at radius 1 is 1.12 bits per heavy atom. The number of nitrogens with zero attached hydrogens (tertiary/aromatic N) is 1. The number of nitro groups is 1. The number of non-ortho nitro benzene ring substituents is 1. The SMILES string of the molecule is CCCOC(C(=O)c1ccc([N+](=O)[O-])cc1)S(=O)(=O)c1ccc(C)cc1. The standard InChI is InChI=1S/C18H19NO6S/c1-3-12-25-18(26(23,24)16-10-4-13(2)5-11-16)17(20)14-6-8-15(9-7-14)19(21)22/h4-11,18H,3,12H2,1-2H3. The lowest BCUT2D eigenvalue weighted by molar-refractivity contribution is -0.384. The van der Waals surface area contributed by atoms with Gasteiger partial charge in [0.1, 0.15) is 0 Å². The van der Waals surface area contributed by atoms with Crippen LogP contribution in [0.25, 0.3) is 0 Å². The third kappa shape index (κ3) is 4.33. The van der Waals surface area contributed by atoms with Gasteiger partial charge in [0.25, 0.3) is 5.69 Å². The Balaban J connectivity index is 2.40. The molecule has 0 aromatic heterocycles. The Morgan fingerprint density at radius 3 is 2.19 bits per heavy atom. The van der Waals surface area contributed by atoms with E-state index in [0.717, 1.165) is 17.7 Å². The number of rotatable bonds is 8. The van der Waals surface area contributed by atoms with Gasteiger partial charge >= 0.3 is 0 Å². The van der Waals surface area contributed by atoms with Gasteiger partial charge in [-0.2, -0.15) is 0 Å². The van der Waals surface area contributed by atoms with Gasteiger partial charge in [-0.25, -0.2) is 8.42 Å². The molecule has 0 heterocycles. The van der Waals surface area contributed by atoms with Crippen molar-refractivity contribution in [3.05, 3.63) is 69.8 Å². The second kappa shape index (κ2) is 8.20. The molecule has 0 amide bonds. The molecule has 138 valence electrons. The van der Waals surface area contributed by atoms with Crippen LogP contribution in [0, 0.1) is 17.0 Å². The third-order valence-corrected chi connectivity index (χ3v) is 5.52. The summed E-state index contributed by atoms with van der Waals surface area (Å²) in [5.74, 6) is -0.756. The molecule has 0 fully saturated rings. The molecule has 0 spiro atoms. The third-order valence-electron chi connectivity index (χ3n) is 3.68. The first-order valence-corrected chi connectivity index (χ1v) is 9.53. The molecular formula is C18H19NO6S. The molecule has 1 unspecified atom stereocenters. The number of nitro benzene ring substituents is 1. The molecular weight excluding hydrogens is 358 g/mol. The number of ketones is 1. The number of benzene rings is 2. The Labute approximate surface area is 151 Å². The Morgan fingerprint density at radius 2 is 1.69 bits per heavy atom. The van der Waals surface area contributed by atoms with E-state index in [0.29, 0.717) is 6.42 Å². The van der Waals surface area contributed by atoms with Gasteiger partial charge in [-0.1, -0.05) is 24.6 Å². The van der Waals surface area contributed by atoms with Crippen molar-refractivity contribution in [2.75, 3.05) is 6.61 Å². The molecule has 0 N–H and O–H groups in total. The molecule has 0 aliphatic rings. The van der Waals surface area contributed by atoms with Crippen molar-refractivity contribution in [3.63, 3.8) is 0 Å². The molecule has 0 bridgehead atoms. The van der Waals surface area contributed by atoms with Gasteiger partial charge in [-0.3, -0.25) is 14.9 Å². The maximum Gasteiger partial charge on any atom is 0.269 e. The number of Topliss-reactive ketones (excluding diaryl/α,β-unsaturated/α-hetero) is 1. The second-order valence-electron chi connectivity index (χ2n) is 5.73. The highest BCUT2D eigenvalue weighted by Crippen LogP contribution is 2.22. The number of aryl methyl sites for hydroxylation is 1. The summed E-state index contributed by atoms with van der Waals surface area (Å²) in [6, 6.07) is 10.9. The summed E-state index contributed by atoms with van der Waals surface area (Å²) >= 11 is 0. The number of sulfone groups is 1. The number of ether oxygens (including phenoxy) is 1. The molecule has 1 atom stereocenters. The minimum atomic E-state index is -4.07. The maximum absolute atomic E-state index is 12.9. The molecule has 7 nitrogen and oxygen atoms in total. The quantitative estimate of drug-likeness (QED) is 0.397. The first-order valence-electron chi connectivity index (χ1n) is 7.98. The van der Waals surface area contributed by atoms with E-state index in [1.54, 1.807) is 19.1 Å². The predicted molar refractivity (Wildman–Crippen MR) is 95.8 cm³/mol. The smallest absolute Gasteiger partial charge is 0.269 e. The largest absolute Gasteiger partial charge is 0.354 e. The zero-order valence-electron chi connectivity index (χ0n) is 14.4. The van der Waals surface area contributed by atoms with Crippen molar-refractivity contribution in [2.24, 2.45) is 0 Å². The van der Waals surface area contributed by atoms with E-state index >= 15 is 0 Å². The van der Waals surface area contributed by atoms with Crippen LogP contribution < -0.4 is 0 Å². The average Bonchev–Trinajstić information content (AvgIpc) is 2.62. The van der Waals surface area contributed by atoms with E-state index in [4.69, 9.17) is 4.74 Å². The highest BCUT2D eigenvalue weighted by Gasteiger charge is 2.35. The van der Waals surface area contributed by atoms with Gasteiger partial charge in [0.05, 0.1) is 9.82 Å². The van der Waals surface area contributed by atoms with E-state index in [2.05, 4.69) is 0 Å². The van der Waals surface area contributed by atoms with Crippen molar-refractivity contribution in [1.29, 1.82) is 0 Å². The summed E-state index contributed by atoms with van der Waals surface area (Å²) in [5.41, 5.74) is -0.968. The van der Waals surface area contributed by atoms with E-state index in [-0.39, 0.29) is 22.8 Å². The van der Waals surface area contributed by atoms with Crippen molar-refractivity contribution in [3.8, 4) is 0 Å². The van der Waals surface area contributed by atoms with Crippen molar-refractivity contribution >= 4 is 21.3 Å². The first kappa shape index (κ1) is 19.7. The monoisotopic (exact) mass is 377 g/mol. The summed E-state index contributed by atoms with van der Waals surface area (Å²) in [6.45, 7) is 3.71. The van der Waals surface area contributed by atoms with Gasteiger partial charge < -0.3 is 4.74 Å². The van der Waals surface area contributed by atoms with E-state index in [9.17, 15) is 23.3 Å². The summed E-state index contributed by atoms with van der Waals surface area (Å²) in [7, 11) is -4.07. The van der Waals surface area contributed by atoms with Crippen LogP contribution in [-0.2, 0) is 14.6 Å². The van der Waals surface area contributed by atoms with Gasteiger partial charge in [-0.05, 0) is 37.6 Å². The summed E-state index contributed by atoms with van der Waals surface area (Å²) < 4.78 is 31.1. The lowest BCUT2D eigenvalue weighted by Crippen LogP contribution is -2.33. The minimum Gasteiger partial charge on any atom is -0.354 e. The summed E-state index contributed by atoms with van der Waals surface area (Å²) in [5, 5.41) is 10.7. The molecule has 0 aliphatic carbocycles. The number of hydrogen-bond acceptors (Lipinski definition) is 6. The number of carbonyl (C=O) groups is 1. The average molecular weight is 377 g/mol. The van der Waals surface area contributed by atoms with E-state index in [1.807, 2.05) is 6.92 Å². The molecule has 0 aliphatic heterocycles. The van der Waals surface area contributed by atoms with Crippen LogP contribution in [0.1, 0.15) is 29.3 Å².